The molecule has 1 fully saturated rings. The Bertz CT molecular complexity index is 435. The van der Waals surface area contributed by atoms with E-state index in [1.165, 1.54) is 0 Å². The van der Waals surface area contributed by atoms with Crippen molar-refractivity contribution >= 4 is 16.1 Å². The van der Waals surface area contributed by atoms with Crippen LogP contribution in [-0.2, 0) is 10.0 Å². The van der Waals surface area contributed by atoms with Gasteiger partial charge in [0.05, 0.1) is 5.75 Å². The van der Waals surface area contributed by atoms with E-state index < -0.39 is 10.0 Å². The van der Waals surface area contributed by atoms with Gasteiger partial charge in [-0.1, -0.05) is 13.3 Å². The van der Waals surface area contributed by atoms with E-state index in [-0.39, 0.29) is 23.4 Å². The zero-order chi connectivity index (χ0) is 16.1. The number of sulfonamides is 1. The predicted octanol–water partition coefficient (Wildman–Crippen LogP) is 1.68. The van der Waals surface area contributed by atoms with Crippen LogP contribution in [0.3, 0.4) is 0 Å². The molecule has 1 aliphatic rings. The molecule has 0 saturated carbocycles. The minimum atomic E-state index is -3.12. The molecule has 1 rings (SSSR count). The van der Waals surface area contributed by atoms with Crippen LogP contribution in [0.15, 0.2) is 0 Å². The summed E-state index contributed by atoms with van der Waals surface area (Å²) in [5.41, 5.74) is -0.270. The Morgan fingerprint density at radius 2 is 1.81 bits per heavy atom. The second kappa shape index (κ2) is 7.45. The van der Waals surface area contributed by atoms with Crippen molar-refractivity contribution in [2.24, 2.45) is 0 Å². The summed E-state index contributed by atoms with van der Waals surface area (Å²) in [7, 11) is -3.12. The number of carbonyl (C=O) groups is 1. The average molecular weight is 319 g/mol. The highest BCUT2D eigenvalue weighted by molar-refractivity contribution is 7.89. The largest absolute Gasteiger partial charge is 0.335 e. The molecule has 0 aliphatic carbocycles. The van der Waals surface area contributed by atoms with Crippen molar-refractivity contribution in [3.05, 3.63) is 0 Å². The highest BCUT2D eigenvalue weighted by Gasteiger charge is 2.28. The fraction of sp³-hybridized carbons (Fsp3) is 0.929. The zero-order valence-corrected chi connectivity index (χ0v) is 14.4. The Hall–Kier alpha value is -0.820. The summed E-state index contributed by atoms with van der Waals surface area (Å²) in [4.78, 5) is 11.8. The van der Waals surface area contributed by atoms with E-state index in [1.807, 2.05) is 27.7 Å². The molecular weight excluding hydrogens is 290 g/mol. The second-order valence-electron chi connectivity index (χ2n) is 6.69. The molecular formula is C14H29N3O3S. The van der Waals surface area contributed by atoms with Crippen molar-refractivity contribution in [1.82, 2.24) is 14.9 Å². The Kier molecular flexibility index (Phi) is 6.46. The van der Waals surface area contributed by atoms with Crippen molar-refractivity contribution in [2.75, 3.05) is 18.8 Å². The number of hydrogen-bond donors (Lipinski definition) is 2. The van der Waals surface area contributed by atoms with Crippen molar-refractivity contribution in [3.8, 4) is 0 Å². The van der Waals surface area contributed by atoms with E-state index in [1.54, 1.807) is 4.31 Å². The Labute approximate surface area is 128 Å². The first-order valence-electron chi connectivity index (χ1n) is 7.70. The molecule has 7 heteroatoms. The first-order chi connectivity index (χ1) is 9.64. The molecule has 0 atom stereocenters. The zero-order valence-electron chi connectivity index (χ0n) is 13.6. The third-order valence-electron chi connectivity index (χ3n) is 3.43. The third-order valence-corrected chi connectivity index (χ3v) is 5.38. The Morgan fingerprint density at radius 1 is 1.24 bits per heavy atom. The normalized spacial score (nSPS) is 18.5. The lowest BCUT2D eigenvalue weighted by atomic mass is 10.1. The molecule has 0 bridgehead atoms. The third kappa shape index (κ3) is 6.65. The lowest BCUT2D eigenvalue weighted by Crippen LogP contribution is -2.52. The standard InChI is InChI=1S/C14H29N3O3S/c1-5-6-11-21(19,20)17-9-7-12(8-10-17)15-13(18)16-14(2,3)4/h12H,5-11H2,1-4H3,(H2,15,16,18). The van der Waals surface area contributed by atoms with Gasteiger partial charge in [0.15, 0.2) is 0 Å². The van der Waals surface area contributed by atoms with Gasteiger partial charge in [-0.05, 0) is 40.0 Å². The summed E-state index contributed by atoms with van der Waals surface area (Å²) in [6, 6.07) is -0.139. The van der Waals surface area contributed by atoms with Crippen molar-refractivity contribution < 1.29 is 13.2 Å². The van der Waals surface area contributed by atoms with E-state index >= 15 is 0 Å². The average Bonchev–Trinajstić information content (AvgIpc) is 2.34. The number of carbonyl (C=O) groups excluding carboxylic acids is 1. The van der Waals surface area contributed by atoms with Gasteiger partial charge in [0.25, 0.3) is 0 Å². The van der Waals surface area contributed by atoms with Crippen molar-refractivity contribution in [2.45, 2.75) is 65.0 Å². The van der Waals surface area contributed by atoms with Crippen LogP contribution in [-0.4, -0.2) is 49.2 Å². The SMILES string of the molecule is CCCCS(=O)(=O)N1CCC(NC(=O)NC(C)(C)C)CC1. The minimum Gasteiger partial charge on any atom is -0.335 e. The molecule has 1 heterocycles. The molecule has 1 aliphatic heterocycles. The number of unbranched alkanes of at least 4 members (excludes halogenated alkanes) is 1. The summed E-state index contributed by atoms with van der Waals surface area (Å²) in [6.07, 6.45) is 2.92. The predicted molar refractivity (Wildman–Crippen MR) is 84.7 cm³/mol. The molecule has 0 unspecified atom stereocenters. The summed E-state index contributed by atoms with van der Waals surface area (Å²) in [5.74, 6) is 0.228. The molecule has 0 aromatic carbocycles. The van der Waals surface area contributed by atoms with Gasteiger partial charge in [-0.3, -0.25) is 0 Å². The summed E-state index contributed by atoms with van der Waals surface area (Å²) < 4.78 is 25.7. The topological polar surface area (TPSA) is 78.5 Å². The molecule has 6 nitrogen and oxygen atoms in total. The first kappa shape index (κ1) is 18.2. The van der Waals surface area contributed by atoms with Gasteiger partial charge in [0.1, 0.15) is 0 Å². The summed E-state index contributed by atoms with van der Waals surface area (Å²) in [5, 5.41) is 5.77. The quantitative estimate of drug-likeness (QED) is 0.809. The number of amides is 2. The number of hydrogen-bond acceptors (Lipinski definition) is 3. The van der Waals surface area contributed by atoms with Gasteiger partial charge in [0, 0.05) is 24.7 Å². The summed E-state index contributed by atoms with van der Waals surface area (Å²) >= 11 is 0. The molecule has 2 amide bonds. The van der Waals surface area contributed by atoms with E-state index in [4.69, 9.17) is 0 Å². The molecule has 0 spiro atoms. The number of nitrogens with zero attached hydrogens (tertiary/aromatic N) is 1. The lowest BCUT2D eigenvalue weighted by molar-refractivity contribution is 0.219. The van der Waals surface area contributed by atoms with Gasteiger partial charge in [-0.25, -0.2) is 17.5 Å². The van der Waals surface area contributed by atoms with Crippen molar-refractivity contribution in [3.63, 3.8) is 0 Å². The van der Waals surface area contributed by atoms with Gasteiger partial charge in [-0.2, -0.15) is 0 Å². The molecule has 124 valence electrons. The summed E-state index contributed by atoms with van der Waals surface area (Å²) in [6.45, 7) is 8.75. The molecule has 1 saturated heterocycles. The smallest absolute Gasteiger partial charge is 0.315 e. The monoisotopic (exact) mass is 319 g/mol. The molecule has 0 aromatic rings. The van der Waals surface area contributed by atoms with Gasteiger partial charge in [0.2, 0.25) is 10.0 Å². The molecule has 21 heavy (non-hydrogen) atoms. The fourth-order valence-corrected chi connectivity index (χ4v) is 3.98. The van der Waals surface area contributed by atoms with Crippen LogP contribution in [0.5, 0.6) is 0 Å². The van der Waals surface area contributed by atoms with Crippen LogP contribution < -0.4 is 10.6 Å². The number of nitrogens with one attached hydrogen (secondary N) is 2. The maximum absolute atomic E-state index is 12.1. The maximum Gasteiger partial charge on any atom is 0.315 e. The van der Waals surface area contributed by atoms with E-state index in [9.17, 15) is 13.2 Å². The first-order valence-corrected chi connectivity index (χ1v) is 9.31. The fourth-order valence-electron chi connectivity index (χ4n) is 2.30. The van der Waals surface area contributed by atoms with E-state index in [0.717, 1.165) is 6.42 Å². The second-order valence-corrected chi connectivity index (χ2v) is 8.78. The Morgan fingerprint density at radius 3 is 2.29 bits per heavy atom. The van der Waals surface area contributed by atoms with E-state index in [0.29, 0.717) is 32.4 Å². The number of piperidine rings is 1. The highest BCUT2D eigenvalue weighted by atomic mass is 32.2. The number of urea groups is 1. The molecule has 0 radical (unpaired) electrons. The van der Waals surface area contributed by atoms with Crippen LogP contribution >= 0.6 is 0 Å². The highest BCUT2D eigenvalue weighted by Crippen LogP contribution is 2.15. The maximum atomic E-state index is 12.1. The van der Waals surface area contributed by atoms with Gasteiger partial charge >= 0.3 is 6.03 Å². The molecule has 0 aromatic heterocycles. The van der Waals surface area contributed by atoms with Crippen LogP contribution in [0, 0.1) is 0 Å². The van der Waals surface area contributed by atoms with Crippen molar-refractivity contribution in [1.29, 1.82) is 0 Å². The van der Waals surface area contributed by atoms with Crippen LogP contribution in [0.4, 0.5) is 4.79 Å². The van der Waals surface area contributed by atoms with E-state index in [2.05, 4.69) is 10.6 Å². The Balaban J connectivity index is 2.40. The minimum absolute atomic E-state index is 0.0463. The van der Waals surface area contributed by atoms with Crippen LogP contribution in [0.1, 0.15) is 53.4 Å². The van der Waals surface area contributed by atoms with Crippen LogP contribution in [0.2, 0.25) is 0 Å². The van der Waals surface area contributed by atoms with Crippen LogP contribution in [0.25, 0.3) is 0 Å². The number of rotatable bonds is 5. The lowest BCUT2D eigenvalue weighted by Gasteiger charge is -2.32. The van der Waals surface area contributed by atoms with Gasteiger partial charge in [-0.15, -0.1) is 0 Å². The molecule has 2 N–H and O–H groups in total. The van der Waals surface area contributed by atoms with Gasteiger partial charge < -0.3 is 10.6 Å².